The fraction of sp³-hybridized carbons (Fsp3) is 0.133. The van der Waals surface area contributed by atoms with Crippen LogP contribution in [-0.4, -0.2) is 28.0 Å². The SMILES string of the molecule is COc1ccccc1N(CC(=O)NN)S(=O)(=O)c1ccc(F)cc1. The number of methoxy groups -OCH3 is 1. The number of nitrogens with zero attached hydrogens (tertiary/aromatic N) is 1. The van der Waals surface area contributed by atoms with E-state index < -0.39 is 28.3 Å². The molecule has 0 bridgehead atoms. The summed E-state index contributed by atoms with van der Waals surface area (Å²) in [6.07, 6.45) is 0. The van der Waals surface area contributed by atoms with Crippen molar-refractivity contribution < 1.29 is 22.3 Å². The van der Waals surface area contributed by atoms with Gasteiger partial charge < -0.3 is 4.74 Å². The minimum Gasteiger partial charge on any atom is -0.495 e. The average Bonchev–Trinajstić information content (AvgIpc) is 2.59. The van der Waals surface area contributed by atoms with Gasteiger partial charge in [-0.15, -0.1) is 0 Å². The number of carbonyl (C=O) groups is 1. The Hall–Kier alpha value is -2.65. The molecule has 24 heavy (non-hydrogen) atoms. The van der Waals surface area contributed by atoms with Crippen LogP contribution in [0.15, 0.2) is 53.4 Å². The van der Waals surface area contributed by atoms with Crippen molar-refractivity contribution in [2.75, 3.05) is 18.0 Å². The van der Waals surface area contributed by atoms with E-state index in [1.807, 2.05) is 5.43 Å². The predicted molar refractivity (Wildman–Crippen MR) is 86.3 cm³/mol. The predicted octanol–water partition coefficient (Wildman–Crippen LogP) is 1.02. The van der Waals surface area contributed by atoms with E-state index in [0.29, 0.717) is 0 Å². The van der Waals surface area contributed by atoms with Crippen molar-refractivity contribution in [2.24, 2.45) is 5.84 Å². The number of nitrogens with one attached hydrogen (secondary N) is 1. The maximum absolute atomic E-state index is 13.1. The van der Waals surface area contributed by atoms with E-state index in [1.54, 1.807) is 18.2 Å². The molecule has 0 aromatic heterocycles. The van der Waals surface area contributed by atoms with Crippen molar-refractivity contribution in [1.29, 1.82) is 0 Å². The number of ether oxygens (including phenoxy) is 1. The standard InChI is InChI=1S/C15H16FN3O4S/c1-23-14-5-3-2-4-13(14)19(10-15(20)18-17)24(21,22)12-8-6-11(16)7-9-12/h2-9H,10,17H2,1H3,(H,18,20). The maximum atomic E-state index is 13.1. The average molecular weight is 353 g/mol. The molecule has 2 rings (SSSR count). The second-order valence-electron chi connectivity index (χ2n) is 4.70. The molecule has 1 amide bonds. The van der Waals surface area contributed by atoms with E-state index >= 15 is 0 Å². The number of sulfonamides is 1. The second kappa shape index (κ2) is 7.28. The van der Waals surface area contributed by atoms with Crippen LogP contribution in [0, 0.1) is 5.82 Å². The Morgan fingerprint density at radius 1 is 1.21 bits per heavy atom. The highest BCUT2D eigenvalue weighted by Gasteiger charge is 2.29. The van der Waals surface area contributed by atoms with Crippen LogP contribution in [0.3, 0.4) is 0 Å². The van der Waals surface area contributed by atoms with E-state index in [-0.39, 0.29) is 16.3 Å². The molecule has 0 aliphatic carbocycles. The first kappa shape index (κ1) is 17.7. The number of hydrazine groups is 1. The van der Waals surface area contributed by atoms with Gasteiger partial charge in [0.15, 0.2) is 0 Å². The number of rotatable bonds is 6. The molecule has 2 aromatic carbocycles. The summed E-state index contributed by atoms with van der Waals surface area (Å²) in [5.74, 6) is 4.04. The number of anilines is 1. The summed E-state index contributed by atoms with van der Waals surface area (Å²) in [6.45, 7) is -0.559. The smallest absolute Gasteiger partial charge is 0.264 e. The van der Waals surface area contributed by atoms with E-state index in [1.165, 1.54) is 13.2 Å². The van der Waals surface area contributed by atoms with Gasteiger partial charge in [-0.05, 0) is 36.4 Å². The number of carbonyl (C=O) groups excluding carboxylic acids is 1. The monoisotopic (exact) mass is 353 g/mol. The first-order valence-corrected chi connectivity index (χ1v) is 8.25. The Kier molecular flexibility index (Phi) is 5.37. The molecule has 128 valence electrons. The first-order valence-electron chi connectivity index (χ1n) is 6.81. The van der Waals surface area contributed by atoms with E-state index in [9.17, 15) is 17.6 Å². The lowest BCUT2D eigenvalue weighted by molar-refractivity contribution is -0.119. The van der Waals surface area contributed by atoms with Crippen LogP contribution in [0.1, 0.15) is 0 Å². The number of para-hydroxylation sites is 2. The third kappa shape index (κ3) is 3.63. The Morgan fingerprint density at radius 2 is 1.83 bits per heavy atom. The Bertz CT molecular complexity index is 825. The lowest BCUT2D eigenvalue weighted by Gasteiger charge is -2.25. The second-order valence-corrected chi connectivity index (χ2v) is 6.57. The number of halogens is 1. The van der Waals surface area contributed by atoms with Gasteiger partial charge in [0.2, 0.25) is 0 Å². The van der Waals surface area contributed by atoms with Gasteiger partial charge in [-0.2, -0.15) is 0 Å². The molecule has 0 atom stereocenters. The van der Waals surface area contributed by atoms with Gasteiger partial charge in [-0.1, -0.05) is 12.1 Å². The maximum Gasteiger partial charge on any atom is 0.264 e. The van der Waals surface area contributed by atoms with Gasteiger partial charge in [-0.25, -0.2) is 18.7 Å². The fourth-order valence-corrected chi connectivity index (χ4v) is 3.48. The minimum atomic E-state index is -4.14. The zero-order valence-electron chi connectivity index (χ0n) is 12.8. The molecular weight excluding hydrogens is 337 g/mol. The molecule has 0 aliphatic rings. The number of amides is 1. The summed E-state index contributed by atoms with van der Waals surface area (Å²) in [4.78, 5) is 11.5. The highest BCUT2D eigenvalue weighted by atomic mass is 32.2. The molecule has 0 fully saturated rings. The lowest BCUT2D eigenvalue weighted by Crippen LogP contribution is -2.43. The summed E-state index contributed by atoms with van der Waals surface area (Å²) in [5.41, 5.74) is 2.05. The first-order chi connectivity index (χ1) is 11.4. The molecule has 0 heterocycles. The highest BCUT2D eigenvalue weighted by Crippen LogP contribution is 2.32. The highest BCUT2D eigenvalue weighted by molar-refractivity contribution is 7.92. The molecule has 9 heteroatoms. The Morgan fingerprint density at radius 3 is 2.42 bits per heavy atom. The molecule has 0 saturated heterocycles. The summed E-state index contributed by atoms with van der Waals surface area (Å²) in [5, 5.41) is 0. The Balaban J connectivity index is 2.57. The third-order valence-corrected chi connectivity index (χ3v) is 4.98. The van der Waals surface area contributed by atoms with Gasteiger partial charge >= 0.3 is 0 Å². The molecule has 3 N–H and O–H groups in total. The molecule has 0 aliphatic heterocycles. The zero-order valence-corrected chi connectivity index (χ0v) is 13.6. The van der Waals surface area contributed by atoms with E-state index in [4.69, 9.17) is 10.6 Å². The van der Waals surface area contributed by atoms with Crippen LogP contribution in [-0.2, 0) is 14.8 Å². The van der Waals surface area contributed by atoms with Crippen molar-refractivity contribution in [3.8, 4) is 5.75 Å². The molecule has 0 saturated carbocycles. The summed E-state index contributed by atoms with van der Waals surface area (Å²) >= 11 is 0. The van der Waals surface area contributed by atoms with Gasteiger partial charge in [0.1, 0.15) is 18.1 Å². The van der Waals surface area contributed by atoms with Crippen LogP contribution in [0.2, 0.25) is 0 Å². The van der Waals surface area contributed by atoms with Crippen LogP contribution >= 0.6 is 0 Å². The lowest BCUT2D eigenvalue weighted by atomic mass is 10.3. The molecule has 0 unspecified atom stereocenters. The molecule has 0 spiro atoms. The fourth-order valence-electron chi connectivity index (χ4n) is 2.05. The van der Waals surface area contributed by atoms with Gasteiger partial charge in [-0.3, -0.25) is 14.5 Å². The van der Waals surface area contributed by atoms with Crippen LogP contribution in [0.4, 0.5) is 10.1 Å². The van der Waals surface area contributed by atoms with Crippen molar-refractivity contribution in [1.82, 2.24) is 5.43 Å². The summed E-state index contributed by atoms with van der Waals surface area (Å²) in [6, 6.07) is 10.6. The van der Waals surface area contributed by atoms with Crippen molar-refractivity contribution in [2.45, 2.75) is 4.90 Å². The molecule has 0 radical (unpaired) electrons. The van der Waals surface area contributed by atoms with Crippen molar-refractivity contribution in [3.05, 3.63) is 54.3 Å². The normalized spacial score (nSPS) is 11.0. The van der Waals surface area contributed by atoms with Crippen LogP contribution in [0.5, 0.6) is 5.75 Å². The van der Waals surface area contributed by atoms with Crippen molar-refractivity contribution >= 4 is 21.6 Å². The molecule has 7 nitrogen and oxygen atoms in total. The van der Waals surface area contributed by atoms with Gasteiger partial charge in [0.25, 0.3) is 15.9 Å². The van der Waals surface area contributed by atoms with Crippen LogP contribution in [0.25, 0.3) is 0 Å². The number of benzene rings is 2. The quantitative estimate of drug-likeness (QED) is 0.459. The number of hydrogen-bond acceptors (Lipinski definition) is 5. The zero-order chi connectivity index (χ0) is 17.7. The van der Waals surface area contributed by atoms with Gasteiger partial charge in [0.05, 0.1) is 17.7 Å². The van der Waals surface area contributed by atoms with E-state index in [0.717, 1.165) is 28.6 Å². The number of hydrogen-bond donors (Lipinski definition) is 2. The number of nitrogens with two attached hydrogens (primary N) is 1. The van der Waals surface area contributed by atoms with Gasteiger partial charge in [0, 0.05) is 0 Å². The van der Waals surface area contributed by atoms with E-state index in [2.05, 4.69) is 0 Å². The largest absolute Gasteiger partial charge is 0.495 e. The van der Waals surface area contributed by atoms with Crippen LogP contribution < -0.4 is 20.3 Å². The molecular formula is C15H16FN3O4S. The summed E-state index contributed by atoms with van der Waals surface area (Å²) in [7, 11) is -2.76. The Labute approximate surface area is 138 Å². The third-order valence-electron chi connectivity index (χ3n) is 3.20. The minimum absolute atomic E-state index is 0.160. The summed E-state index contributed by atoms with van der Waals surface area (Å²) < 4.78 is 44.9. The molecule has 2 aromatic rings. The van der Waals surface area contributed by atoms with Crippen molar-refractivity contribution in [3.63, 3.8) is 0 Å². The topological polar surface area (TPSA) is 102 Å².